The molecule has 5 nitrogen and oxygen atoms in total. The molecule has 0 N–H and O–H groups in total. The molecule has 0 aromatic heterocycles. The van der Waals surface area contributed by atoms with Crippen molar-refractivity contribution in [3.05, 3.63) is 41.8 Å². The number of ether oxygens (including phenoxy) is 2. The molecule has 134 valence electrons. The summed E-state index contributed by atoms with van der Waals surface area (Å²) in [5.74, 6) is 0. The Balaban J connectivity index is 1.59. The summed E-state index contributed by atoms with van der Waals surface area (Å²) in [5.41, 5.74) is 3.40. The second kappa shape index (κ2) is 6.95. The Bertz CT molecular complexity index is 970. The highest BCUT2D eigenvalue weighted by Crippen LogP contribution is 2.32. The van der Waals surface area contributed by atoms with Gasteiger partial charge in [-0.2, -0.15) is 0 Å². The molecule has 0 spiro atoms. The van der Waals surface area contributed by atoms with Gasteiger partial charge < -0.3 is 14.4 Å². The summed E-state index contributed by atoms with van der Waals surface area (Å²) in [6.45, 7) is 7.05. The summed E-state index contributed by atoms with van der Waals surface area (Å²) >= 11 is 1.83. The summed E-state index contributed by atoms with van der Waals surface area (Å²) in [6.07, 6.45) is 0. The van der Waals surface area contributed by atoms with E-state index < -0.39 is 0 Å². The van der Waals surface area contributed by atoms with E-state index in [-0.39, 0.29) is 0 Å². The van der Waals surface area contributed by atoms with Crippen LogP contribution in [0.15, 0.2) is 36.4 Å². The van der Waals surface area contributed by atoms with Crippen LogP contribution in [-0.4, -0.2) is 57.6 Å². The number of benzene rings is 2. The van der Waals surface area contributed by atoms with E-state index in [9.17, 15) is 0 Å². The zero-order valence-corrected chi connectivity index (χ0v) is 15.5. The van der Waals surface area contributed by atoms with Crippen molar-refractivity contribution in [1.82, 2.24) is 9.56 Å². The van der Waals surface area contributed by atoms with E-state index in [0.29, 0.717) is 0 Å². The van der Waals surface area contributed by atoms with Crippen molar-refractivity contribution >= 4 is 27.2 Å². The summed E-state index contributed by atoms with van der Waals surface area (Å²) in [6, 6.07) is 13.2. The fourth-order valence-corrected chi connectivity index (χ4v) is 4.67. The van der Waals surface area contributed by atoms with E-state index in [2.05, 4.69) is 45.9 Å². The van der Waals surface area contributed by atoms with Crippen LogP contribution in [-0.2, 0) is 9.47 Å². The van der Waals surface area contributed by atoms with Crippen molar-refractivity contribution in [1.29, 1.82) is 0 Å². The lowest BCUT2D eigenvalue weighted by atomic mass is 10.2. The molecule has 3 heterocycles. The first kappa shape index (κ1) is 16.2. The predicted molar refractivity (Wildman–Crippen MR) is 105 cm³/mol. The van der Waals surface area contributed by atoms with E-state index in [1.165, 1.54) is 20.6 Å². The van der Waals surface area contributed by atoms with Crippen molar-refractivity contribution in [3.8, 4) is 10.6 Å². The minimum atomic E-state index is 0.806. The summed E-state index contributed by atoms with van der Waals surface area (Å²) in [4.78, 5) is 8.50. The fourth-order valence-electron chi connectivity index (χ4n) is 3.64. The van der Waals surface area contributed by atoms with E-state index in [4.69, 9.17) is 14.5 Å². The van der Waals surface area contributed by atoms with Crippen LogP contribution < -0.4 is 14.8 Å². The van der Waals surface area contributed by atoms with E-state index in [0.717, 1.165) is 63.8 Å². The molecule has 0 unspecified atom stereocenters. The van der Waals surface area contributed by atoms with Gasteiger partial charge in [0.05, 0.1) is 34.0 Å². The van der Waals surface area contributed by atoms with Gasteiger partial charge in [0, 0.05) is 30.9 Å². The molecular weight excluding hydrogens is 346 g/mol. The molecule has 3 aliphatic heterocycles. The zero-order valence-electron chi connectivity index (χ0n) is 14.7. The number of morpholine rings is 2. The molecule has 2 fully saturated rings. The first-order valence-electron chi connectivity index (χ1n) is 9.20. The van der Waals surface area contributed by atoms with Gasteiger partial charge in [0.2, 0.25) is 5.36 Å². The van der Waals surface area contributed by atoms with Crippen LogP contribution in [0.4, 0.5) is 5.69 Å². The van der Waals surface area contributed by atoms with Crippen molar-refractivity contribution < 1.29 is 9.47 Å². The molecule has 0 saturated carbocycles. The molecule has 2 saturated heterocycles. The predicted octanol–water partition coefficient (Wildman–Crippen LogP) is 2.04. The second-order valence-electron chi connectivity index (χ2n) is 6.72. The van der Waals surface area contributed by atoms with Gasteiger partial charge >= 0.3 is 0 Å². The minimum Gasteiger partial charge on any atom is -0.378 e. The molecular formula is C20H22N3O2S+. The SMILES string of the molecule is c1cc2nc3ccc(=[N+]4CCOCC4)cc-3sc2cc1N1CCOCC1. The first-order chi connectivity index (χ1) is 12.9. The highest BCUT2D eigenvalue weighted by atomic mass is 32.1. The third-order valence-corrected chi connectivity index (χ3v) is 6.19. The molecule has 1 aliphatic carbocycles. The number of fused-ring (bicyclic) bond motifs is 2. The Morgan fingerprint density at radius 2 is 1.73 bits per heavy atom. The van der Waals surface area contributed by atoms with Gasteiger partial charge in [-0.15, -0.1) is 11.3 Å². The van der Waals surface area contributed by atoms with Crippen molar-refractivity contribution in [2.24, 2.45) is 0 Å². The Morgan fingerprint density at radius 3 is 2.58 bits per heavy atom. The van der Waals surface area contributed by atoms with Gasteiger partial charge in [0.15, 0.2) is 13.1 Å². The molecule has 1 aromatic rings. The quantitative estimate of drug-likeness (QED) is 0.487. The van der Waals surface area contributed by atoms with Crippen molar-refractivity contribution in [3.63, 3.8) is 0 Å². The van der Waals surface area contributed by atoms with Crippen LogP contribution in [0.3, 0.4) is 0 Å². The van der Waals surface area contributed by atoms with E-state index >= 15 is 0 Å². The number of hydrogen-bond acceptors (Lipinski definition) is 5. The molecule has 26 heavy (non-hydrogen) atoms. The monoisotopic (exact) mass is 368 g/mol. The van der Waals surface area contributed by atoms with Gasteiger partial charge in [-0.05, 0) is 24.3 Å². The van der Waals surface area contributed by atoms with Crippen LogP contribution in [0.1, 0.15) is 0 Å². The fraction of sp³-hybridized carbons (Fsp3) is 0.400. The van der Waals surface area contributed by atoms with Crippen LogP contribution in [0.25, 0.3) is 20.8 Å². The highest BCUT2D eigenvalue weighted by Gasteiger charge is 2.16. The van der Waals surface area contributed by atoms with Gasteiger partial charge in [-0.25, -0.2) is 9.56 Å². The summed E-state index contributed by atoms with van der Waals surface area (Å²) in [7, 11) is 0. The van der Waals surface area contributed by atoms with Crippen LogP contribution in [0, 0.1) is 0 Å². The number of nitrogens with zero attached hydrogens (tertiary/aromatic N) is 3. The zero-order chi connectivity index (χ0) is 17.3. The Kier molecular flexibility index (Phi) is 4.32. The van der Waals surface area contributed by atoms with Crippen LogP contribution >= 0.6 is 11.3 Å². The average molecular weight is 368 g/mol. The van der Waals surface area contributed by atoms with Crippen LogP contribution in [0.2, 0.25) is 0 Å². The molecule has 5 rings (SSSR count). The molecule has 0 radical (unpaired) electrons. The molecule has 1 aromatic carbocycles. The Hall–Kier alpha value is -2.02. The maximum Gasteiger partial charge on any atom is 0.201 e. The number of aromatic nitrogens is 1. The maximum atomic E-state index is 5.47. The molecule has 0 atom stereocenters. The van der Waals surface area contributed by atoms with Crippen molar-refractivity contribution in [2.75, 3.05) is 57.5 Å². The summed E-state index contributed by atoms with van der Waals surface area (Å²) in [5, 5.41) is 1.27. The number of rotatable bonds is 1. The normalized spacial score (nSPS) is 18.6. The van der Waals surface area contributed by atoms with Gasteiger partial charge in [-0.1, -0.05) is 0 Å². The summed E-state index contributed by atoms with van der Waals surface area (Å²) < 4.78 is 14.6. The number of hydrogen-bond donors (Lipinski definition) is 0. The molecule has 4 aliphatic rings. The topological polar surface area (TPSA) is 37.6 Å². The smallest absolute Gasteiger partial charge is 0.201 e. The van der Waals surface area contributed by atoms with E-state index in [1.807, 2.05) is 11.3 Å². The van der Waals surface area contributed by atoms with E-state index in [1.54, 1.807) is 0 Å². The number of anilines is 1. The lowest BCUT2D eigenvalue weighted by Gasteiger charge is -2.29. The van der Waals surface area contributed by atoms with Gasteiger partial charge in [0.1, 0.15) is 13.2 Å². The average Bonchev–Trinajstić information content (AvgIpc) is 2.73. The maximum absolute atomic E-state index is 5.47. The highest BCUT2D eigenvalue weighted by molar-refractivity contribution is 7.21. The molecule has 0 bridgehead atoms. The first-order valence-corrected chi connectivity index (χ1v) is 10.0. The van der Waals surface area contributed by atoms with Crippen LogP contribution in [0.5, 0.6) is 0 Å². The molecule has 0 amide bonds. The Labute approximate surface area is 156 Å². The lowest BCUT2D eigenvalue weighted by molar-refractivity contribution is 0.0966. The second-order valence-corrected chi connectivity index (χ2v) is 7.80. The largest absolute Gasteiger partial charge is 0.378 e. The van der Waals surface area contributed by atoms with Gasteiger partial charge in [0.25, 0.3) is 0 Å². The van der Waals surface area contributed by atoms with Crippen molar-refractivity contribution in [2.45, 2.75) is 0 Å². The third kappa shape index (κ3) is 3.09. The Morgan fingerprint density at radius 1 is 0.923 bits per heavy atom. The molecule has 6 heteroatoms. The minimum absolute atomic E-state index is 0.806. The standard InChI is InChI=1S/C20H22N3O2S/c1-3-17-19(13-15(1)22-5-9-24-10-6-22)26-20-14-16(2-4-18(20)21-17)23-7-11-25-12-8-23/h1-4,13-14H,5-12H2/q+1. The lowest BCUT2D eigenvalue weighted by Crippen LogP contribution is -2.39. The third-order valence-electron chi connectivity index (χ3n) is 5.10. The van der Waals surface area contributed by atoms with Gasteiger partial charge in [-0.3, -0.25) is 0 Å².